The highest BCUT2D eigenvalue weighted by molar-refractivity contribution is 7.99. The number of esters is 1. The number of alkyl carbamates (subject to hydrolysis) is 1. The topological polar surface area (TPSA) is 268 Å². The van der Waals surface area contributed by atoms with Crippen LogP contribution in [0, 0.1) is 0 Å². The van der Waals surface area contributed by atoms with Crippen LogP contribution in [-0.4, -0.2) is 137 Å². The van der Waals surface area contributed by atoms with Gasteiger partial charge in [0.15, 0.2) is 0 Å². The highest BCUT2D eigenvalue weighted by Crippen LogP contribution is 2.44. The van der Waals surface area contributed by atoms with Gasteiger partial charge in [0, 0.05) is 42.8 Å². The average molecular weight is 1010 g/mol. The van der Waals surface area contributed by atoms with Crippen LogP contribution in [0.1, 0.15) is 57.5 Å². The molecule has 0 radical (unpaired) electrons. The minimum atomic E-state index is -2.33. The number of carboxylic acid groups (broad SMARTS) is 1. The van der Waals surface area contributed by atoms with E-state index in [1.54, 1.807) is 24.3 Å². The predicted molar refractivity (Wildman–Crippen MR) is 266 cm³/mol. The van der Waals surface area contributed by atoms with Gasteiger partial charge >= 0.3 is 18.0 Å². The fourth-order valence-corrected chi connectivity index (χ4v) is 9.63. The molecule has 7 atom stereocenters. The van der Waals surface area contributed by atoms with Crippen LogP contribution in [-0.2, 0) is 33.3 Å². The van der Waals surface area contributed by atoms with Crippen LogP contribution in [0.4, 0.5) is 10.5 Å². The molecule has 1 heterocycles. The fraction of sp³-hybridized carbons (Fsp3) is 0.321. The Labute approximate surface area is 419 Å². The number of aliphatic hydroxyl groups is 3. The average Bonchev–Trinajstić information content (AvgIpc) is 3.71. The first-order chi connectivity index (χ1) is 34.7. The van der Waals surface area contributed by atoms with Gasteiger partial charge in [0.1, 0.15) is 24.9 Å². The first-order valence-electron chi connectivity index (χ1n) is 23.2. The van der Waals surface area contributed by atoms with Crippen molar-refractivity contribution >= 4 is 53.2 Å². The third-order valence-electron chi connectivity index (χ3n) is 12.3. The third-order valence-corrected chi connectivity index (χ3v) is 13.4. The summed E-state index contributed by atoms with van der Waals surface area (Å²) in [5.41, 5.74) is 6.52. The van der Waals surface area contributed by atoms with Crippen LogP contribution >= 0.6 is 11.8 Å². The molecule has 5 aromatic rings. The summed E-state index contributed by atoms with van der Waals surface area (Å²) in [6.07, 6.45) is -8.04. The zero-order chi connectivity index (χ0) is 51.4. The molecule has 1 fully saturated rings. The number of carbonyl (C=O) groups is 6. The number of thioether (sulfide) groups is 1. The summed E-state index contributed by atoms with van der Waals surface area (Å²) in [5.74, 6) is -6.23. The van der Waals surface area contributed by atoms with Crippen molar-refractivity contribution in [2.45, 2.75) is 68.0 Å². The highest BCUT2D eigenvalue weighted by atomic mass is 32.2. The molecule has 1 aliphatic heterocycles. The van der Waals surface area contributed by atoms with Gasteiger partial charge in [-0.1, -0.05) is 91.0 Å². The van der Waals surface area contributed by atoms with Gasteiger partial charge in [-0.15, -0.1) is 0 Å². The lowest BCUT2D eigenvalue weighted by molar-refractivity contribution is -0.311. The van der Waals surface area contributed by atoms with Crippen LogP contribution in [0.2, 0.25) is 0 Å². The number of hydrogen-bond acceptors (Lipinski definition) is 14. The summed E-state index contributed by atoms with van der Waals surface area (Å²) in [7, 11) is 1.07. The largest absolute Gasteiger partial charge is 0.478 e. The van der Waals surface area contributed by atoms with Crippen LogP contribution in [0.25, 0.3) is 22.3 Å². The molecule has 7 rings (SSSR count). The predicted octanol–water partition coefficient (Wildman–Crippen LogP) is 4.71. The number of carboxylic acids is 1. The van der Waals surface area contributed by atoms with Crippen LogP contribution in [0.5, 0.6) is 0 Å². The van der Waals surface area contributed by atoms with E-state index < -0.39 is 91.0 Å². The highest BCUT2D eigenvalue weighted by Gasteiger charge is 2.56. The lowest BCUT2D eigenvalue weighted by atomic mass is 9.88. The van der Waals surface area contributed by atoms with Crippen molar-refractivity contribution in [1.82, 2.24) is 16.0 Å². The summed E-state index contributed by atoms with van der Waals surface area (Å²) in [4.78, 5) is 77.2. The third kappa shape index (κ3) is 12.8. The molecule has 8 N–H and O–H groups in total. The number of ether oxygens (including phenoxy) is 4. The maximum absolute atomic E-state index is 13.7. The number of nitrogens with one attached hydrogen (secondary N) is 4. The number of amides is 4. The van der Waals surface area contributed by atoms with E-state index >= 15 is 0 Å². The number of rotatable bonds is 21. The molecule has 1 saturated heterocycles. The number of anilines is 1. The molecule has 0 aromatic heterocycles. The summed E-state index contributed by atoms with van der Waals surface area (Å²) in [5, 5.41) is 53.8. The van der Waals surface area contributed by atoms with Crippen molar-refractivity contribution in [3.05, 3.63) is 150 Å². The number of benzene rings is 5. The second-order valence-electron chi connectivity index (χ2n) is 17.2. The second kappa shape index (κ2) is 24.3. The van der Waals surface area contributed by atoms with Crippen molar-refractivity contribution in [2.24, 2.45) is 0 Å². The van der Waals surface area contributed by atoms with E-state index in [-0.39, 0.29) is 53.9 Å². The summed E-state index contributed by atoms with van der Waals surface area (Å²) < 4.78 is 22.8. The van der Waals surface area contributed by atoms with E-state index in [1.807, 2.05) is 78.9 Å². The molecule has 0 saturated carbocycles. The zero-order valence-corrected chi connectivity index (χ0v) is 40.2. The Morgan fingerprint density at radius 2 is 1.42 bits per heavy atom. The number of aliphatic hydroxyl groups excluding tert-OH is 3. The van der Waals surface area contributed by atoms with Gasteiger partial charge in [-0.3, -0.25) is 14.4 Å². The number of hydrogen-bond donors (Lipinski definition) is 8. The van der Waals surface area contributed by atoms with Gasteiger partial charge < -0.3 is 60.6 Å². The van der Waals surface area contributed by atoms with E-state index in [1.165, 1.54) is 43.0 Å². The Morgan fingerprint density at radius 1 is 0.806 bits per heavy atom. The molecule has 0 spiro atoms. The van der Waals surface area contributed by atoms with Crippen LogP contribution < -0.4 is 21.3 Å². The minimum Gasteiger partial charge on any atom is -0.478 e. The fourth-order valence-electron chi connectivity index (χ4n) is 8.67. The summed E-state index contributed by atoms with van der Waals surface area (Å²) in [6, 6.07) is 35.0. The van der Waals surface area contributed by atoms with Crippen molar-refractivity contribution < 1.29 is 68.1 Å². The molecule has 2 aliphatic rings. The molecular weight excluding hydrogens is 949 g/mol. The lowest BCUT2D eigenvalue weighted by Crippen LogP contribution is -2.68. The maximum Gasteiger partial charge on any atom is 0.407 e. The normalized spacial score (nSPS) is 19.3. The molecule has 0 bridgehead atoms. The van der Waals surface area contributed by atoms with Crippen molar-refractivity contribution in [3.8, 4) is 22.3 Å². The van der Waals surface area contributed by atoms with E-state index in [9.17, 15) is 49.2 Å². The molecule has 4 amide bonds. The molecule has 5 aromatic carbocycles. The smallest absolute Gasteiger partial charge is 0.407 e. The molecular formula is C53H56N4O14S. The molecule has 72 heavy (non-hydrogen) atoms. The van der Waals surface area contributed by atoms with Crippen molar-refractivity contribution in [3.63, 3.8) is 0 Å². The first kappa shape index (κ1) is 52.7. The Bertz CT molecular complexity index is 2660. The van der Waals surface area contributed by atoms with Crippen LogP contribution in [0.3, 0.4) is 0 Å². The van der Waals surface area contributed by atoms with Crippen molar-refractivity contribution in [2.75, 3.05) is 43.7 Å². The molecule has 378 valence electrons. The van der Waals surface area contributed by atoms with Gasteiger partial charge in [-0.25, -0.2) is 14.4 Å². The molecule has 19 heteroatoms. The van der Waals surface area contributed by atoms with Gasteiger partial charge in [-0.05, 0) is 82.0 Å². The van der Waals surface area contributed by atoms with Gasteiger partial charge in [0.25, 0.3) is 11.7 Å². The van der Waals surface area contributed by atoms with E-state index in [0.717, 1.165) is 40.5 Å². The maximum atomic E-state index is 13.7. The minimum absolute atomic E-state index is 0.00216. The SMILES string of the molecule is COC(=O)[C@@]1(OCCCSCC(NC(=O)OCC2c3ccccc3-c3ccccc32)C(=O)Nc2ccc(C(=O)O)cc2)C[C@@H](O)C(NC(C)=O)C([C@H](O)C(O)CNC(=O)c2ccc(-c3ccccc3)cc2)O1. The Hall–Kier alpha value is -7.13. The van der Waals surface area contributed by atoms with Crippen molar-refractivity contribution in [1.29, 1.82) is 0 Å². The summed E-state index contributed by atoms with van der Waals surface area (Å²) >= 11 is 1.25. The van der Waals surface area contributed by atoms with E-state index in [0.29, 0.717) is 0 Å². The standard InChI is InChI=1S/C53H56N4O14S/c1-31(58)55-45-43(59)27-53(51(66)68-2,71-47(45)46(61)44(60)28-54-48(62)34-19-17-33(18-20-34)32-11-4-3-5-12-32)70-25-10-26-72-30-42(49(63)56-36-23-21-35(22-24-36)50(64)65)57-52(67)69-29-41-39-15-8-6-13-37(39)38-14-7-9-16-40(38)41/h3-9,11-24,41-47,59-61H,10,25-30H2,1-2H3,(H,54,62)(H,55,58)(H,56,63)(H,57,67)(H,64,65)/t42?,43-,44?,45?,46-,47?,53-/m1/s1. The molecule has 4 unspecified atom stereocenters. The first-order valence-corrected chi connectivity index (χ1v) is 24.3. The van der Waals surface area contributed by atoms with E-state index in [2.05, 4.69) is 21.3 Å². The number of aromatic carboxylic acids is 1. The Kier molecular flexibility index (Phi) is 17.8. The zero-order valence-electron chi connectivity index (χ0n) is 39.4. The van der Waals surface area contributed by atoms with Gasteiger partial charge in [-0.2, -0.15) is 11.8 Å². The molecule has 18 nitrogen and oxygen atoms in total. The summed E-state index contributed by atoms with van der Waals surface area (Å²) in [6.45, 7) is 0.486. The lowest BCUT2D eigenvalue weighted by Gasteiger charge is -2.47. The van der Waals surface area contributed by atoms with E-state index in [4.69, 9.17) is 18.9 Å². The Balaban J connectivity index is 0.965. The van der Waals surface area contributed by atoms with Crippen LogP contribution in [0.15, 0.2) is 127 Å². The monoisotopic (exact) mass is 1000 g/mol. The number of fused-ring (bicyclic) bond motifs is 3. The molecule has 1 aliphatic carbocycles. The van der Waals surface area contributed by atoms with Gasteiger partial charge in [0.05, 0.1) is 37.5 Å². The number of carbonyl (C=O) groups excluding carboxylic acids is 5. The Morgan fingerprint density at radius 3 is 2.04 bits per heavy atom. The second-order valence-corrected chi connectivity index (χ2v) is 18.4. The van der Waals surface area contributed by atoms with Gasteiger partial charge in [0.2, 0.25) is 11.8 Å². The number of methoxy groups -OCH3 is 1. The quantitative estimate of drug-likeness (QED) is 0.0365.